The molecule has 20 heavy (non-hydrogen) atoms. The lowest BCUT2D eigenvalue weighted by Gasteiger charge is -2.25. The predicted octanol–water partition coefficient (Wildman–Crippen LogP) is 2.76. The molecule has 0 saturated carbocycles. The number of carbonyl (C=O) groups is 2. The van der Waals surface area contributed by atoms with Gasteiger partial charge in [0.2, 0.25) is 5.91 Å². The Hall–Kier alpha value is -2.04. The van der Waals surface area contributed by atoms with E-state index >= 15 is 0 Å². The molecule has 110 valence electrons. The Labute approximate surface area is 119 Å². The van der Waals surface area contributed by atoms with Crippen molar-refractivity contribution in [1.82, 2.24) is 0 Å². The monoisotopic (exact) mass is 278 g/mol. The molecule has 0 aliphatic carbocycles. The molecule has 1 aromatic rings. The summed E-state index contributed by atoms with van der Waals surface area (Å²) < 4.78 is 0. The molecule has 0 aliphatic rings. The lowest BCUT2D eigenvalue weighted by Crippen LogP contribution is -2.35. The largest absolute Gasteiger partial charge is 0.478 e. The molecule has 5 heteroatoms. The molecule has 0 radical (unpaired) electrons. The highest BCUT2D eigenvalue weighted by Crippen LogP contribution is 2.26. The number of aromatic carboxylic acids is 1. The van der Waals surface area contributed by atoms with Crippen LogP contribution in [0.1, 0.15) is 44.0 Å². The number of rotatable bonds is 6. The first-order chi connectivity index (χ1) is 9.42. The zero-order chi connectivity index (χ0) is 15.3. The number of carbonyl (C=O) groups excluding carboxylic acids is 1. The molecule has 1 aromatic carbocycles. The Morgan fingerprint density at radius 2 is 2.00 bits per heavy atom. The van der Waals surface area contributed by atoms with Crippen molar-refractivity contribution in [1.29, 1.82) is 0 Å². The molecule has 1 amide bonds. The topological polar surface area (TPSA) is 83.6 Å². The maximum absolute atomic E-state index is 12.4. The van der Waals surface area contributed by atoms with Gasteiger partial charge in [-0.15, -0.1) is 0 Å². The molecule has 1 rings (SSSR count). The molecule has 0 aromatic heterocycles. The maximum atomic E-state index is 12.4. The third-order valence-corrected chi connectivity index (χ3v) is 3.29. The van der Waals surface area contributed by atoms with Crippen LogP contribution >= 0.6 is 0 Å². The van der Waals surface area contributed by atoms with Crippen LogP contribution in [-0.4, -0.2) is 23.5 Å². The highest BCUT2D eigenvalue weighted by atomic mass is 16.4. The van der Waals surface area contributed by atoms with Gasteiger partial charge < -0.3 is 15.7 Å². The summed E-state index contributed by atoms with van der Waals surface area (Å²) >= 11 is 0. The van der Waals surface area contributed by atoms with Gasteiger partial charge in [-0.25, -0.2) is 4.79 Å². The quantitative estimate of drug-likeness (QED) is 0.784. The number of anilines is 2. The second-order valence-corrected chi connectivity index (χ2v) is 4.85. The van der Waals surface area contributed by atoms with Crippen LogP contribution in [0.3, 0.4) is 0 Å². The first-order valence-corrected chi connectivity index (χ1v) is 6.86. The van der Waals surface area contributed by atoms with Crippen molar-refractivity contribution in [2.75, 3.05) is 17.2 Å². The lowest BCUT2D eigenvalue weighted by molar-refractivity contribution is -0.122. The third kappa shape index (κ3) is 3.50. The number of amides is 1. The lowest BCUT2D eigenvalue weighted by atomic mass is 10.0. The van der Waals surface area contributed by atoms with E-state index in [0.717, 1.165) is 12.8 Å². The number of carboxylic acid groups (broad SMARTS) is 1. The van der Waals surface area contributed by atoms with Crippen LogP contribution < -0.4 is 10.6 Å². The summed E-state index contributed by atoms with van der Waals surface area (Å²) in [6.45, 7) is 6.32. The van der Waals surface area contributed by atoms with Crippen LogP contribution in [0.15, 0.2) is 18.2 Å². The van der Waals surface area contributed by atoms with Crippen LogP contribution in [-0.2, 0) is 4.79 Å². The fraction of sp³-hybridized carbons (Fsp3) is 0.467. The Morgan fingerprint density at radius 1 is 1.35 bits per heavy atom. The van der Waals surface area contributed by atoms with Crippen molar-refractivity contribution in [2.24, 2.45) is 5.92 Å². The molecule has 1 atom stereocenters. The highest BCUT2D eigenvalue weighted by Gasteiger charge is 2.22. The van der Waals surface area contributed by atoms with Crippen LogP contribution in [0.5, 0.6) is 0 Å². The fourth-order valence-electron chi connectivity index (χ4n) is 2.20. The summed E-state index contributed by atoms with van der Waals surface area (Å²) in [5, 5.41) is 8.93. The van der Waals surface area contributed by atoms with Gasteiger partial charge in [0.05, 0.1) is 16.9 Å². The van der Waals surface area contributed by atoms with E-state index < -0.39 is 5.97 Å². The van der Waals surface area contributed by atoms with E-state index in [1.165, 1.54) is 12.1 Å². The molecule has 0 spiro atoms. The number of nitrogens with zero attached hydrogens (tertiary/aromatic N) is 1. The van der Waals surface area contributed by atoms with Crippen LogP contribution in [0.2, 0.25) is 0 Å². The minimum Gasteiger partial charge on any atom is -0.478 e. The van der Waals surface area contributed by atoms with Crippen molar-refractivity contribution < 1.29 is 14.7 Å². The smallest absolute Gasteiger partial charge is 0.335 e. The number of nitrogen functional groups attached to an aromatic ring is 1. The van der Waals surface area contributed by atoms with Crippen molar-refractivity contribution in [3.05, 3.63) is 23.8 Å². The first kappa shape index (κ1) is 16.0. The minimum atomic E-state index is -1.03. The van der Waals surface area contributed by atoms with E-state index in [2.05, 4.69) is 0 Å². The summed E-state index contributed by atoms with van der Waals surface area (Å²) in [5.41, 5.74) is 6.90. The molecule has 1 unspecified atom stereocenters. The van der Waals surface area contributed by atoms with Crippen molar-refractivity contribution in [3.8, 4) is 0 Å². The summed E-state index contributed by atoms with van der Waals surface area (Å²) in [4.78, 5) is 24.9. The highest BCUT2D eigenvalue weighted by molar-refractivity contribution is 5.99. The molecule has 0 saturated heterocycles. The molecular formula is C15H22N2O3. The van der Waals surface area contributed by atoms with E-state index in [1.54, 1.807) is 11.0 Å². The molecule has 0 aliphatic heterocycles. The van der Waals surface area contributed by atoms with Gasteiger partial charge in [-0.2, -0.15) is 0 Å². The van der Waals surface area contributed by atoms with Gasteiger partial charge in [0.15, 0.2) is 0 Å². The number of nitrogens with two attached hydrogens (primary N) is 1. The average molecular weight is 278 g/mol. The van der Waals surface area contributed by atoms with Crippen molar-refractivity contribution >= 4 is 23.3 Å². The average Bonchev–Trinajstić information content (AvgIpc) is 2.41. The Kier molecular flexibility index (Phi) is 5.55. The Morgan fingerprint density at radius 3 is 2.45 bits per heavy atom. The normalized spacial score (nSPS) is 11.9. The van der Waals surface area contributed by atoms with Gasteiger partial charge in [0.1, 0.15) is 0 Å². The zero-order valence-electron chi connectivity index (χ0n) is 12.2. The second kappa shape index (κ2) is 6.93. The van der Waals surface area contributed by atoms with Crippen molar-refractivity contribution in [3.63, 3.8) is 0 Å². The van der Waals surface area contributed by atoms with E-state index in [0.29, 0.717) is 17.9 Å². The van der Waals surface area contributed by atoms with Crippen LogP contribution in [0, 0.1) is 5.92 Å². The number of carboxylic acids is 1. The molecule has 3 N–H and O–H groups in total. The predicted molar refractivity (Wildman–Crippen MR) is 79.9 cm³/mol. The van der Waals surface area contributed by atoms with Gasteiger partial charge in [0, 0.05) is 12.5 Å². The van der Waals surface area contributed by atoms with Gasteiger partial charge in [0.25, 0.3) is 0 Å². The summed E-state index contributed by atoms with van der Waals surface area (Å²) in [7, 11) is 0. The fourth-order valence-corrected chi connectivity index (χ4v) is 2.20. The summed E-state index contributed by atoms with van der Waals surface area (Å²) in [6, 6.07) is 4.45. The molecular weight excluding hydrogens is 256 g/mol. The number of benzene rings is 1. The van der Waals surface area contributed by atoms with E-state index in [1.807, 2.05) is 20.8 Å². The SMILES string of the molecule is CCCC(C)C(=O)N(CC)c1ccc(C(=O)O)cc1N. The first-order valence-electron chi connectivity index (χ1n) is 6.86. The maximum Gasteiger partial charge on any atom is 0.335 e. The standard InChI is InChI=1S/C15H22N2O3/c1-4-6-10(3)14(18)17(5-2)13-8-7-11(15(19)20)9-12(13)16/h7-10H,4-6,16H2,1-3H3,(H,19,20). The Balaban J connectivity index is 3.06. The van der Waals surface area contributed by atoms with E-state index in [4.69, 9.17) is 10.8 Å². The van der Waals surface area contributed by atoms with E-state index in [-0.39, 0.29) is 17.4 Å². The van der Waals surface area contributed by atoms with E-state index in [9.17, 15) is 9.59 Å². The second-order valence-electron chi connectivity index (χ2n) is 4.85. The molecule has 0 heterocycles. The van der Waals surface area contributed by atoms with Gasteiger partial charge in [-0.1, -0.05) is 20.3 Å². The Bertz CT molecular complexity index is 500. The van der Waals surface area contributed by atoms with Crippen LogP contribution in [0.4, 0.5) is 11.4 Å². The summed E-state index contributed by atoms with van der Waals surface area (Å²) in [5.74, 6) is -1.08. The minimum absolute atomic E-state index is 0.0177. The van der Waals surface area contributed by atoms with Gasteiger partial charge in [-0.05, 0) is 31.5 Å². The third-order valence-electron chi connectivity index (χ3n) is 3.29. The number of hydrogen-bond acceptors (Lipinski definition) is 3. The zero-order valence-corrected chi connectivity index (χ0v) is 12.2. The summed E-state index contributed by atoms with van der Waals surface area (Å²) in [6.07, 6.45) is 1.76. The van der Waals surface area contributed by atoms with Crippen LogP contribution in [0.25, 0.3) is 0 Å². The van der Waals surface area contributed by atoms with Crippen molar-refractivity contribution in [2.45, 2.75) is 33.6 Å². The molecule has 0 bridgehead atoms. The van der Waals surface area contributed by atoms with Gasteiger partial charge in [-0.3, -0.25) is 4.79 Å². The molecule has 5 nitrogen and oxygen atoms in total. The van der Waals surface area contributed by atoms with Gasteiger partial charge >= 0.3 is 5.97 Å². The molecule has 0 fully saturated rings. The number of hydrogen-bond donors (Lipinski definition) is 2.